The fourth-order valence-corrected chi connectivity index (χ4v) is 2.51. The fraction of sp³-hybridized carbons (Fsp3) is 0.500. The Bertz CT molecular complexity index is 299. The molecule has 1 aliphatic rings. The molecule has 1 fully saturated rings. The molecule has 1 aromatic rings. The van der Waals surface area contributed by atoms with Crippen LogP contribution in [-0.2, 0) is 10.2 Å². The van der Waals surface area contributed by atoms with Crippen LogP contribution in [-0.4, -0.2) is 19.8 Å². The van der Waals surface area contributed by atoms with Gasteiger partial charge in [-0.15, -0.1) is 0 Å². The van der Waals surface area contributed by atoms with Gasteiger partial charge in [-0.05, 0) is 12.1 Å². The van der Waals surface area contributed by atoms with Gasteiger partial charge in [-0.1, -0.05) is 37.3 Å². The van der Waals surface area contributed by atoms with Gasteiger partial charge in [0.05, 0.1) is 6.10 Å². The van der Waals surface area contributed by atoms with Crippen LogP contribution in [0, 0.1) is 5.92 Å². The van der Waals surface area contributed by atoms with Crippen LogP contribution >= 0.6 is 0 Å². The molecule has 2 N–H and O–H groups in total. The monoisotopic (exact) mass is 191 g/mol. The van der Waals surface area contributed by atoms with Gasteiger partial charge in [0, 0.05) is 18.4 Å². The van der Waals surface area contributed by atoms with E-state index in [2.05, 4.69) is 31.2 Å². The summed E-state index contributed by atoms with van der Waals surface area (Å²) in [5.41, 5.74) is 7.20. The molecular weight excluding hydrogens is 174 g/mol. The summed E-state index contributed by atoms with van der Waals surface area (Å²) in [6.07, 6.45) is 0.287. The third kappa shape index (κ3) is 1.18. The molecule has 0 bridgehead atoms. The van der Waals surface area contributed by atoms with E-state index in [1.165, 1.54) is 5.56 Å². The minimum absolute atomic E-state index is 0.130. The highest BCUT2D eigenvalue weighted by atomic mass is 16.5. The zero-order valence-electron chi connectivity index (χ0n) is 8.73. The first kappa shape index (κ1) is 9.69. The average molecular weight is 191 g/mol. The summed E-state index contributed by atoms with van der Waals surface area (Å²) >= 11 is 0. The second-order valence-corrected chi connectivity index (χ2v) is 4.15. The number of nitrogens with two attached hydrogens (primary N) is 1. The molecular formula is C12H17NO. The molecule has 1 aromatic carbocycles. The Hall–Kier alpha value is -0.860. The Kier molecular flexibility index (Phi) is 2.33. The summed E-state index contributed by atoms with van der Waals surface area (Å²) in [7, 11) is 1.77. The van der Waals surface area contributed by atoms with E-state index in [1.54, 1.807) is 7.11 Å². The molecule has 2 heteroatoms. The van der Waals surface area contributed by atoms with Crippen LogP contribution in [0.2, 0.25) is 0 Å². The van der Waals surface area contributed by atoms with E-state index in [4.69, 9.17) is 10.5 Å². The van der Waals surface area contributed by atoms with Gasteiger partial charge in [-0.3, -0.25) is 0 Å². The summed E-state index contributed by atoms with van der Waals surface area (Å²) < 4.78 is 5.45. The van der Waals surface area contributed by atoms with Crippen LogP contribution in [0.4, 0.5) is 0 Å². The molecule has 0 heterocycles. The van der Waals surface area contributed by atoms with E-state index in [-0.39, 0.29) is 11.5 Å². The number of hydrogen-bond donors (Lipinski definition) is 1. The Labute approximate surface area is 85.1 Å². The Morgan fingerprint density at radius 3 is 2.43 bits per heavy atom. The smallest absolute Gasteiger partial charge is 0.0718 e. The van der Waals surface area contributed by atoms with Crippen LogP contribution < -0.4 is 5.73 Å². The summed E-state index contributed by atoms with van der Waals surface area (Å²) in [4.78, 5) is 0. The largest absolute Gasteiger partial charge is 0.380 e. The Morgan fingerprint density at radius 2 is 2.00 bits per heavy atom. The van der Waals surface area contributed by atoms with E-state index in [0.717, 1.165) is 0 Å². The standard InChI is InChI=1S/C12H17NO/c1-12(9-6-4-3-5-7-9)10(8-13)11(12)14-2/h3-7,10-11H,8,13H2,1-2H3/t10-,11+,12-/m0/s1. The van der Waals surface area contributed by atoms with E-state index in [0.29, 0.717) is 12.5 Å². The van der Waals surface area contributed by atoms with Crippen molar-refractivity contribution in [2.75, 3.05) is 13.7 Å². The van der Waals surface area contributed by atoms with Gasteiger partial charge in [-0.2, -0.15) is 0 Å². The number of methoxy groups -OCH3 is 1. The maximum absolute atomic E-state index is 5.73. The van der Waals surface area contributed by atoms with Crippen molar-refractivity contribution >= 4 is 0 Å². The summed E-state index contributed by atoms with van der Waals surface area (Å²) in [6, 6.07) is 10.5. The van der Waals surface area contributed by atoms with Crippen molar-refractivity contribution in [2.45, 2.75) is 18.4 Å². The second kappa shape index (κ2) is 3.37. The molecule has 3 atom stereocenters. The number of benzene rings is 1. The Balaban J connectivity index is 2.27. The quantitative estimate of drug-likeness (QED) is 0.786. The van der Waals surface area contributed by atoms with Crippen molar-refractivity contribution in [3.63, 3.8) is 0 Å². The molecule has 0 aliphatic heterocycles. The third-order valence-corrected chi connectivity index (χ3v) is 3.52. The van der Waals surface area contributed by atoms with E-state index >= 15 is 0 Å². The highest BCUT2D eigenvalue weighted by Gasteiger charge is 2.61. The van der Waals surface area contributed by atoms with Crippen LogP contribution in [0.25, 0.3) is 0 Å². The SMILES string of the molecule is CO[C@@H]1[C@H](CN)[C@]1(C)c1ccccc1. The molecule has 0 amide bonds. The van der Waals surface area contributed by atoms with Gasteiger partial charge in [-0.25, -0.2) is 0 Å². The van der Waals surface area contributed by atoms with Gasteiger partial charge in [0.25, 0.3) is 0 Å². The van der Waals surface area contributed by atoms with Crippen LogP contribution in [0.1, 0.15) is 12.5 Å². The highest BCUT2D eigenvalue weighted by molar-refractivity contribution is 5.37. The summed E-state index contributed by atoms with van der Waals surface area (Å²) in [5, 5.41) is 0. The van der Waals surface area contributed by atoms with Crippen LogP contribution in [0.3, 0.4) is 0 Å². The van der Waals surface area contributed by atoms with Crippen LogP contribution in [0.15, 0.2) is 30.3 Å². The summed E-state index contributed by atoms with van der Waals surface area (Å²) in [6.45, 7) is 2.93. The number of ether oxygens (including phenoxy) is 1. The molecule has 0 radical (unpaired) electrons. The molecule has 0 spiro atoms. The predicted octanol–water partition coefficient (Wildman–Crippen LogP) is 1.55. The maximum Gasteiger partial charge on any atom is 0.0718 e. The fourth-order valence-electron chi connectivity index (χ4n) is 2.51. The zero-order chi connectivity index (χ0) is 10.2. The van der Waals surface area contributed by atoms with Crippen molar-refractivity contribution in [2.24, 2.45) is 11.7 Å². The first-order chi connectivity index (χ1) is 6.75. The molecule has 0 saturated heterocycles. The lowest BCUT2D eigenvalue weighted by molar-refractivity contribution is 0.157. The van der Waals surface area contributed by atoms with E-state index in [9.17, 15) is 0 Å². The molecule has 76 valence electrons. The normalized spacial score (nSPS) is 35.6. The molecule has 0 unspecified atom stereocenters. The molecule has 0 aromatic heterocycles. The van der Waals surface area contributed by atoms with Crippen molar-refractivity contribution in [3.8, 4) is 0 Å². The minimum atomic E-state index is 0.130. The minimum Gasteiger partial charge on any atom is -0.380 e. The van der Waals surface area contributed by atoms with Crippen molar-refractivity contribution in [1.82, 2.24) is 0 Å². The maximum atomic E-state index is 5.73. The molecule has 2 nitrogen and oxygen atoms in total. The Morgan fingerprint density at radius 1 is 1.36 bits per heavy atom. The second-order valence-electron chi connectivity index (χ2n) is 4.15. The van der Waals surface area contributed by atoms with E-state index in [1.807, 2.05) is 6.07 Å². The lowest BCUT2D eigenvalue weighted by Gasteiger charge is -2.11. The van der Waals surface area contributed by atoms with Gasteiger partial charge >= 0.3 is 0 Å². The van der Waals surface area contributed by atoms with Crippen molar-refractivity contribution in [3.05, 3.63) is 35.9 Å². The van der Waals surface area contributed by atoms with Gasteiger partial charge in [0.2, 0.25) is 0 Å². The topological polar surface area (TPSA) is 35.2 Å². The zero-order valence-corrected chi connectivity index (χ0v) is 8.73. The number of rotatable bonds is 3. The van der Waals surface area contributed by atoms with Crippen LogP contribution in [0.5, 0.6) is 0 Å². The first-order valence-electron chi connectivity index (χ1n) is 5.03. The van der Waals surface area contributed by atoms with Gasteiger partial charge < -0.3 is 10.5 Å². The third-order valence-electron chi connectivity index (χ3n) is 3.52. The van der Waals surface area contributed by atoms with Crippen molar-refractivity contribution < 1.29 is 4.74 Å². The summed E-state index contributed by atoms with van der Waals surface area (Å²) in [5.74, 6) is 0.467. The molecule has 14 heavy (non-hydrogen) atoms. The lowest BCUT2D eigenvalue weighted by Crippen LogP contribution is -2.11. The first-order valence-corrected chi connectivity index (χ1v) is 5.03. The average Bonchev–Trinajstić information content (AvgIpc) is 2.85. The van der Waals surface area contributed by atoms with Crippen molar-refractivity contribution in [1.29, 1.82) is 0 Å². The lowest BCUT2D eigenvalue weighted by atomic mass is 9.95. The molecule has 2 rings (SSSR count). The van der Waals surface area contributed by atoms with E-state index < -0.39 is 0 Å². The molecule has 1 saturated carbocycles. The number of hydrogen-bond acceptors (Lipinski definition) is 2. The highest BCUT2D eigenvalue weighted by Crippen LogP contribution is 2.55. The van der Waals surface area contributed by atoms with Gasteiger partial charge in [0.15, 0.2) is 0 Å². The molecule has 1 aliphatic carbocycles. The van der Waals surface area contributed by atoms with Gasteiger partial charge in [0.1, 0.15) is 0 Å². The predicted molar refractivity (Wildman–Crippen MR) is 57.1 cm³/mol.